The van der Waals surface area contributed by atoms with E-state index in [0.29, 0.717) is 18.4 Å². The number of methoxy groups -OCH3 is 1. The summed E-state index contributed by atoms with van der Waals surface area (Å²) >= 11 is 0. The maximum absolute atomic E-state index is 13.7. The fraction of sp³-hybridized carbons (Fsp3) is 0.741. The number of ether oxygens (including phenoxy) is 2. The largest absolute Gasteiger partial charge is 0.508 e. The first kappa shape index (κ1) is 22.6. The van der Waals surface area contributed by atoms with Gasteiger partial charge in [0.15, 0.2) is 0 Å². The summed E-state index contributed by atoms with van der Waals surface area (Å²) in [7, 11) is 1.75. The lowest BCUT2D eigenvalue weighted by molar-refractivity contribution is -0.222. The predicted octanol–water partition coefficient (Wildman–Crippen LogP) is 6.08. The molecule has 172 valence electrons. The highest BCUT2D eigenvalue weighted by atomic mass is 16.6. The third kappa shape index (κ3) is 4.37. The summed E-state index contributed by atoms with van der Waals surface area (Å²) in [4.78, 5) is 13.7. The average molecular weight is 429 g/mol. The third-order valence-electron chi connectivity index (χ3n) is 8.67. The summed E-state index contributed by atoms with van der Waals surface area (Å²) in [5.41, 5.74) is 0.274. The van der Waals surface area contributed by atoms with Gasteiger partial charge in [-0.25, -0.2) is 0 Å². The first-order valence-electron chi connectivity index (χ1n) is 12.3. The van der Waals surface area contributed by atoms with Crippen LogP contribution in [0.3, 0.4) is 0 Å². The zero-order chi connectivity index (χ0) is 22.2. The van der Waals surface area contributed by atoms with E-state index in [1.54, 1.807) is 19.2 Å². The molecule has 0 heterocycles. The molecule has 0 aromatic heterocycles. The van der Waals surface area contributed by atoms with Gasteiger partial charge in [-0.3, -0.25) is 4.79 Å². The number of rotatable bonds is 9. The molecule has 5 rings (SSSR count). The first-order chi connectivity index (χ1) is 14.8. The number of carbonyl (C=O) groups is 1. The van der Waals surface area contributed by atoms with Crippen LogP contribution >= 0.6 is 0 Å². The van der Waals surface area contributed by atoms with Gasteiger partial charge < -0.3 is 14.6 Å². The Morgan fingerprint density at radius 1 is 1.10 bits per heavy atom. The smallest absolute Gasteiger partial charge is 0.312 e. The fourth-order valence-corrected chi connectivity index (χ4v) is 7.12. The molecule has 0 saturated heterocycles. The normalized spacial score (nSPS) is 32.8. The number of phenolic OH excluding ortho intramolecular Hbond substituents is 1. The lowest BCUT2D eigenvalue weighted by atomic mass is 9.49. The van der Waals surface area contributed by atoms with Crippen molar-refractivity contribution in [1.29, 1.82) is 0 Å². The molecule has 1 unspecified atom stereocenters. The second kappa shape index (κ2) is 8.77. The van der Waals surface area contributed by atoms with Crippen molar-refractivity contribution >= 4 is 5.97 Å². The molecule has 4 aliphatic carbocycles. The monoisotopic (exact) mass is 428 g/mol. The van der Waals surface area contributed by atoms with E-state index in [2.05, 4.69) is 6.92 Å². The molecule has 0 radical (unpaired) electrons. The summed E-state index contributed by atoms with van der Waals surface area (Å²) in [5, 5.41) is 9.63. The number of benzene rings is 1. The maximum atomic E-state index is 13.7. The lowest BCUT2D eigenvalue weighted by Crippen LogP contribution is -2.60. The number of hydrogen-bond donors (Lipinski definition) is 1. The van der Waals surface area contributed by atoms with Gasteiger partial charge in [0.05, 0.1) is 12.0 Å². The second-order valence-electron chi connectivity index (χ2n) is 11.2. The second-order valence-corrected chi connectivity index (χ2v) is 11.2. The molecule has 0 aliphatic heterocycles. The lowest BCUT2D eigenvalue weighted by Gasteiger charge is -2.60. The topological polar surface area (TPSA) is 55.8 Å². The third-order valence-corrected chi connectivity index (χ3v) is 8.67. The molecule has 1 aromatic rings. The predicted molar refractivity (Wildman–Crippen MR) is 122 cm³/mol. The molecular weight excluding hydrogens is 388 g/mol. The molecule has 4 saturated carbocycles. The molecule has 4 nitrogen and oxygen atoms in total. The summed E-state index contributed by atoms with van der Waals surface area (Å²) in [6, 6.07) is 7.42. The van der Waals surface area contributed by atoms with Gasteiger partial charge in [-0.05, 0) is 106 Å². The molecule has 31 heavy (non-hydrogen) atoms. The van der Waals surface area contributed by atoms with Crippen LogP contribution in [0, 0.1) is 29.1 Å². The highest BCUT2D eigenvalue weighted by Gasteiger charge is 2.59. The Hall–Kier alpha value is -1.55. The van der Waals surface area contributed by atoms with Crippen molar-refractivity contribution in [2.24, 2.45) is 29.1 Å². The molecule has 4 aliphatic rings. The Morgan fingerprint density at radius 2 is 1.68 bits per heavy atom. The van der Waals surface area contributed by atoms with Crippen LogP contribution in [0.15, 0.2) is 24.3 Å². The van der Waals surface area contributed by atoms with E-state index in [0.717, 1.165) is 31.1 Å². The van der Waals surface area contributed by atoms with Crippen molar-refractivity contribution < 1.29 is 19.4 Å². The van der Waals surface area contributed by atoms with Gasteiger partial charge in [-0.15, -0.1) is 0 Å². The van der Waals surface area contributed by atoms with Gasteiger partial charge in [-0.1, -0.05) is 19.1 Å². The molecule has 4 bridgehead atoms. The molecule has 4 fully saturated rings. The molecular formula is C27H40O4. The fourth-order valence-electron chi connectivity index (χ4n) is 7.12. The van der Waals surface area contributed by atoms with Gasteiger partial charge in [0.1, 0.15) is 11.4 Å². The molecule has 4 heteroatoms. The van der Waals surface area contributed by atoms with Crippen molar-refractivity contribution in [2.75, 3.05) is 13.7 Å². The standard InChI is InChI=1S/C27H40O4/c1-5-20(21-6-8-24(28)9-7-21)17-26(2,3)25(29)31-27(10-11-30-4)22-13-18-12-19(15-22)16-23(27)14-18/h6-9,18-20,22-23,28H,5,10-17H2,1-4H3. The van der Waals surface area contributed by atoms with Crippen LogP contribution in [-0.4, -0.2) is 30.4 Å². The Balaban J connectivity index is 1.51. The van der Waals surface area contributed by atoms with Gasteiger partial charge in [0.25, 0.3) is 0 Å². The number of hydrogen-bond acceptors (Lipinski definition) is 4. The average Bonchev–Trinajstić information content (AvgIpc) is 2.74. The maximum Gasteiger partial charge on any atom is 0.312 e. The van der Waals surface area contributed by atoms with Crippen LogP contribution in [0.2, 0.25) is 0 Å². The van der Waals surface area contributed by atoms with E-state index in [4.69, 9.17) is 9.47 Å². The first-order valence-corrected chi connectivity index (χ1v) is 12.3. The van der Waals surface area contributed by atoms with E-state index >= 15 is 0 Å². The molecule has 0 spiro atoms. The Bertz CT molecular complexity index is 738. The van der Waals surface area contributed by atoms with Crippen molar-refractivity contribution in [3.8, 4) is 5.75 Å². The number of carbonyl (C=O) groups excluding carboxylic acids is 1. The Labute approximate surface area is 187 Å². The van der Waals surface area contributed by atoms with Gasteiger partial charge in [0.2, 0.25) is 0 Å². The number of phenols is 1. The van der Waals surface area contributed by atoms with Crippen molar-refractivity contribution in [1.82, 2.24) is 0 Å². The Kier molecular flexibility index (Phi) is 6.40. The molecule has 1 aromatic carbocycles. The summed E-state index contributed by atoms with van der Waals surface area (Å²) < 4.78 is 12.1. The molecule has 1 N–H and O–H groups in total. The number of aromatic hydroxyl groups is 1. The minimum absolute atomic E-state index is 0.0479. The molecule has 1 atom stereocenters. The van der Waals surface area contributed by atoms with Crippen LogP contribution in [0.1, 0.15) is 83.6 Å². The van der Waals surface area contributed by atoms with E-state index in [9.17, 15) is 9.90 Å². The van der Waals surface area contributed by atoms with Crippen LogP contribution in [0.25, 0.3) is 0 Å². The molecule has 0 amide bonds. The number of esters is 1. The van der Waals surface area contributed by atoms with Gasteiger partial charge in [-0.2, -0.15) is 0 Å². The Morgan fingerprint density at radius 3 is 2.19 bits per heavy atom. The summed E-state index contributed by atoms with van der Waals surface area (Å²) in [6.07, 6.45) is 8.78. The van der Waals surface area contributed by atoms with Gasteiger partial charge in [0, 0.05) is 13.5 Å². The summed E-state index contributed by atoms with van der Waals surface area (Å²) in [5.74, 6) is 3.16. The summed E-state index contributed by atoms with van der Waals surface area (Å²) in [6.45, 7) is 6.90. The van der Waals surface area contributed by atoms with Crippen LogP contribution in [0.4, 0.5) is 0 Å². The van der Waals surface area contributed by atoms with E-state index in [1.807, 2.05) is 26.0 Å². The van der Waals surface area contributed by atoms with E-state index in [-0.39, 0.29) is 23.2 Å². The highest BCUT2D eigenvalue weighted by molar-refractivity contribution is 5.76. The zero-order valence-electron chi connectivity index (χ0n) is 19.7. The van der Waals surface area contributed by atoms with E-state index in [1.165, 1.54) is 37.7 Å². The SMILES string of the molecule is CCC(CC(C)(C)C(=O)OC1(CCOC)C2CC3CC(C2)CC1C3)c1ccc(O)cc1. The minimum Gasteiger partial charge on any atom is -0.508 e. The quantitative estimate of drug-likeness (QED) is 0.485. The van der Waals surface area contributed by atoms with Crippen LogP contribution in [-0.2, 0) is 14.3 Å². The van der Waals surface area contributed by atoms with Crippen LogP contribution < -0.4 is 0 Å². The van der Waals surface area contributed by atoms with Crippen molar-refractivity contribution in [2.45, 2.75) is 83.7 Å². The minimum atomic E-state index is -0.562. The highest BCUT2D eigenvalue weighted by Crippen LogP contribution is 2.61. The van der Waals surface area contributed by atoms with E-state index < -0.39 is 5.41 Å². The van der Waals surface area contributed by atoms with Gasteiger partial charge >= 0.3 is 5.97 Å². The zero-order valence-corrected chi connectivity index (χ0v) is 19.7. The van der Waals surface area contributed by atoms with Crippen molar-refractivity contribution in [3.63, 3.8) is 0 Å². The van der Waals surface area contributed by atoms with Crippen LogP contribution in [0.5, 0.6) is 5.75 Å². The van der Waals surface area contributed by atoms with Crippen molar-refractivity contribution in [3.05, 3.63) is 29.8 Å².